The van der Waals surface area contributed by atoms with E-state index < -0.39 is 5.72 Å². The molecule has 0 bridgehead atoms. The molecular formula is C26H26N2O2. The maximum atomic E-state index is 6.72. The Bertz CT molecular complexity index is 1160. The maximum Gasteiger partial charge on any atom is 0.203 e. The summed E-state index contributed by atoms with van der Waals surface area (Å²) >= 11 is 0. The van der Waals surface area contributed by atoms with Gasteiger partial charge < -0.3 is 9.47 Å². The van der Waals surface area contributed by atoms with Gasteiger partial charge in [0.15, 0.2) is 0 Å². The van der Waals surface area contributed by atoms with Crippen molar-refractivity contribution in [3.05, 3.63) is 77.9 Å². The lowest BCUT2D eigenvalue weighted by molar-refractivity contribution is -0.212. The zero-order valence-corrected chi connectivity index (χ0v) is 17.5. The number of rotatable bonds is 1. The normalized spacial score (nSPS) is 26.8. The lowest BCUT2D eigenvalue weighted by Gasteiger charge is -2.52. The molecule has 1 spiro atoms. The SMILES string of the molecule is CC1(C)CC2(CCO1)Oc1ccccc1C1CC(c3cccc4ccccc34)=NN12. The number of ether oxygens (including phenoxy) is 2. The van der Waals surface area contributed by atoms with Crippen molar-refractivity contribution in [3.8, 4) is 5.75 Å². The van der Waals surface area contributed by atoms with Crippen molar-refractivity contribution in [2.75, 3.05) is 6.61 Å². The van der Waals surface area contributed by atoms with Gasteiger partial charge in [0, 0.05) is 30.4 Å². The molecule has 3 heterocycles. The second-order valence-corrected chi connectivity index (χ2v) is 9.26. The van der Waals surface area contributed by atoms with Crippen molar-refractivity contribution in [1.29, 1.82) is 0 Å². The average molecular weight is 399 g/mol. The maximum absolute atomic E-state index is 6.72. The molecule has 2 atom stereocenters. The first-order valence-corrected chi connectivity index (χ1v) is 10.8. The number of fused-ring (bicyclic) bond motifs is 5. The van der Waals surface area contributed by atoms with Crippen LogP contribution >= 0.6 is 0 Å². The highest BCUT2D eigenvalue weighted by Crippen LogP contribution is 2.51. The van der Waals surface area contributed by atoms with Crippen molar-refractivity contribution in [2.24, 2.45) is 5.10 Å². The van der Waals surface area contributed by atoms with Crippen molar-refractivity contribution in [1.82, 2.24) is 5.01 Å². The lowest BCUT2D eigenvalue weighted by Crippen LogP contribution is -2.60. The van der Waals surface area contributed by atoms with Crippen molar-refractivity contribution in [3.63, 3.8) is 0 Å². The van der Waals surface area contributed by atoms with Gasteiger partial charge in [-0.15, -0.1) is 0 Å². The van der Waals surface area contributed by atoms with Gasteiger partial charge in [0.1, 0.15) is 5.75 Å². The van der Waals surface area contributed by atoms with Gasteiger partial charge in [0.2, 0.25) is 5.72 Å². The van der Waals surface area contributed by atoms with Crippen LogP contribution in [0.2, 0.25) is 0 Å². The molecule has 3 aromatic rings. The summed E-state index contributed by atoms with van der Waals surface area (Å²) in [5.41, 5.74) is 2.88. The summed E-state index contributed by atoms with van der Waals surface area (Å²) in [6.45, 7) is 4.98. The summed E-state index contributed by atoms with van der Waals surface area (Å²) in [6, 6.07) is 23.7. The van der Waals surface area contributed by atoms with Crippen LogP contribution in [-0.4, -0.2) is 28.7 Å². The fraction of sp³-hybridized carbons (Fsp3) is 0.346. The Morgan fingerprint density at radius 2 is 1.77 bits per heavy atom. The van der Waals surface area contributed by atoms with E-state index in [1.54, 1.807) is 0 Å². The summed E-state index contributed by atoms with van der Waals surface area (Å²) in [4.78, 5) is 0. The Morgan fingerprint density at radius 3 is 2.67 bits per heavy atom. The third-order valence-corrected chi connectivity index (χ3v) is 6.69. The molecule has 2 unspecified atom stereocenters. The third kappa shape index (κ3) is 2.67. The smallest absolute Gasteiger partial charge is 0.203 e. The van der Waals surface area contributed by atoms with E-state index in [0.29, 0.717) is 6.61 Å². The van der Waals surface area contributed by atoms with Gasteiger partial charge in [-0.05, 0) is 30.7 Å². The molecule has 1 saturated heterocycles. The number of benzene rings is 3. The number of nitrogens with zero attached hydrogens (tertiary/aromatic N) is 2. The van der Waals surface area contributed by atoms with E-state index in [2.05, 4.69) is 85.6 Å². The summed E-state index contributed by atoms with van der Waals surface area (Å²) < 4.78 is 12.8. The molecule has 3 aliphatic rings. The molecule has 0 radical (unpaired) electrons. The zero-order valence-electron chi connectivity index (χ0n) is 17.5. The van der Waals surface area contributed by atoms with Crippen LogP contribution in [0.3, 0.4) is 0 Å². The second-order valence-electron chi connectivity index (χ2n) is 9.26. The van der Waals surface area contributed by atoms with Crippen LogP contribution in [0.15, 0.2) is 71.8 Å². The predicted octanol–water partition coefficient (Wildman–Crippen LogP) is 5.67. The second kappa shape index (κ2) is 6.32. The lowest BCUT2D eigenvalue weighted by atomic mass is 9.86. The van der Waals surface area contributed by atoms with Gasteiger partial charge >= 0.3 is 0 Å². The number of para-hydroxylation sites is 1. The molecule has 4 nitrogen and oxygen atoms in total. The first-order chi connectivity index (χ1) is 14.5. The molecule has 0 aromatic heterocycles. The van der Waals surface area contributed by atoms with Gasteiger partial charge in [-0.2, -0.15) is 5.10 Å². The number of hydrogen-bond donors (Lipinski definition) is 0. The largest absolute Gasteiger partial charge is 0.466 e. The minimum absolute atomic E-state index is 0.192. The van der Waals surface area contributed by atoms with E-state index in [4.69, 9.17) is 14.6 Å². The van der Waals surface area contributed by atoms with E-state index in [1.807, 2.05) is 0 Å². The molecule has 0 amide bonds. The minimum atomic E-state index is -0.465. The molecule has 4 heteroatoms. The Kier molecular flexibility index (Phi) is 3.79. The fourth-order valence-electron chi connectivity index (χ4n) is 5.44. The Hall–Kier alpha value is -2.85. The van der Waals surface area contributed by atoms with E-state index in [9.17, 15) is 0 Å². The highest BCUT2D eigenvalue weighted by molar-refractivity contribution is 6.11. The van der Waals surface area contributed by atoms with Gasteiger partial charge in [0.05, 0.1) is 24.0 Å². The van der Waals surface area contributed by atoms with Crippen LogP contribution < -0.4 is 4.74 Å². The highest BCUT2D eigenvalue weighted by Gasteiger charge is 2.54. The fourth-order valence-corrected chi connectivity index (χ4v) is 5.44. The predicted molar refractivity (Wildman–Crippen MR) is 119 cm³/mol. The third-order valence-electron chi connectivity index (χ3n) is 6.69. The van der Waals surface area contributed by atoms with Crippen LogP contribution in [0.1, 0.15) is 50.3 Å². The molecular weight excluding hydrogens is 372 g/mol. The average Bonchev–Trinajstić information content (AvgIpc) is 3.19. The number of hydrogen-bond acceptors (Lipinski definition) is 4. The molecule has 6 rings (SSSR count). The summed E-state index contributed by atoms with van der Waals surface area (Å²) in [6.07, 6.45) is 2.49. The number of hydrazone groups is 1. The van der Waals surface area contributed by atoms with E-state index in [1.165, 1.54) is 21.9 Å². The van der Waals surface area contributed by atoms with Crippen molar-refractivity contribution < 1.29 is 9.47 Å². The molecule has 3 aromatic carbocycles. The molecule has 0 saturated carbocycles. The van der Waals surface area contributed by atoms with Crippen molar-refractivity contribution >= 4 is 16.5 Å². The van der Waals surface area contributed by atoms with Gasteiger partial charge in [-0.1, -0.05) is 60.7 Å². The van der Waals surface area contributed by atoms with Crippen molar-refractivity contribution in [2.45, 2.75) is 50.5 Å². The summed E-state index contributed by atoms with van der Waals surface area (Å²) in [5, 5.41) is 10.0. The van der Waals surface area contributed by atoms with Gasteiger partial charge in [-0.25, -0.2) is 5.01 Å². The first-order valence-electron chi connectivity index (χ1n) is 10.8. The van der Waals surface area contributed by atoms with Crippen LogP contribution in [-0.2, 0) is 4.74 Å². The molecule has 0 aliphatic carbocycles. The highest BCUT2D eigenvalue weighted by atomic mass is 16.5. The zero-order chi connectivity index (χ0) is 20.3. The monoisotopic (exact) mass is 398 g/mol. The summed E-state index contributed by atoms with van der Waals surface area (Å²) in [7, 11) is 0. The van der Waals surface area contributed by atoms with E-state index in [-0.39, 0.29) is 11.6 Å². The topological polar surface area (TPSA) is 34.1 Å². The molecule has 3 aliphatic heterocycles. The van der Waals surface area contributed by atoms with Gasteiger partial charge in [-0.3, -0.25) is 0 Å². The summed E-state index contributed by atoms with van der Waals surface area (Å²) in [5.74, 6) is 0.991. The quantitative estimate of drug-likeness (QED) is 0.530. The molecule has 0 N–H and O–H groups in total. The van der Waals surface area contributed by atoms with Crippen LogP contribution in [0.25, 0.3) is 10.8 Å². The minimum Gasteiger partial charge on any atom is -0.466 e. The Balaban J connectivity index is 1.50. The first kappa shape index (κ1) is 18.0. The van der Waals surface area contributed by atoms with E-state index in [0.717, 1.165) is 30.7 Å². The van der Waals surface area contributed by atoms with Crippen LogP contribution in [0.4, 0.5) is 0 Å². The van der Waals surface area contributed by atoms with E-state index >= 15 is 0 Å². The Morgan fingerprint density at radius 1 is 0.967 bits per heavy atom. The molecule has 30 heavy (non-hydrogen) atoms. The van der Waals surface area contributed by atoms with Crippen LogP contribution in [0, 0.1) is 0 Å². The molecule has 1 fully saturated rings. The van der Waals surface area contributed by atoms with Crippen LogP contribution in [0.5, 0.6) is 5.75 Å². The molecule has 152 valence electrons. The Labute approximate surface area is 177 Å². The standard InChI is InChI=1S/C26H26N2O2/c1-25(2)17-26(14-15-29-25)28-23(21-11-5-6-13-24(21)30-26)16-22(27-28)20-12-7-9-18-8-3-4-10-19(18)20/h3-13,23H,14-17H2,1-2H3. The van der Waals surface area contributed by atoms with Gasteiger partial charge in [0.25, 0.3) is 0 Å².